The van der Waals surface area contributed by atoms with E-state index in [1.54, 1.807) is 43.5 Å². The molecule has 0 aliphatic carbocycles. The molecule has 0 spiro atoms. The number of carbonyl (C=O) groups excluding carboxylic acids is 1. The van der Waals surface area contributed by atoms with Crippen LogP contribution < -0.4 is 14.8 Å². The van der Waals surface area contributed by atoms with E-state index in [-0.39, 0.29) is 19.1 Å². The van der Waals surface area contributed by atoms with Gasteiger partial charge < -0.3 is 14.8 Å². The van der Waals surface area contributed by atoms with Crippen molar-refractivity contribution in [3.8, 4) is 23.3 Å². The molecule has 0 atom stereocenters. The van der Waals surface area contributed by atoms with Crippen LogP contribution >= 0.6 is 11.6 Å². The Kier molecular flexibility index (Phi) is 6.34. The van der Waals surface area contributed by atoms with Crippen molar-refractivity contribution in [2.45, 2.75) is 0 Å². The first kappa shape index (κ1) is 16.7. The second-order valence-electron chi connectivity index (χ2n) is 4.56. The van der Waals surface area contributed by atoms with Crippen LogP contribution in [-0.4, -0.2) is 26.2 Å². The molecule has 5 heteroatoms. The molecule has 118 valence electrons. The monoisotopic (exact) mass is 329 g/mol. The van der Waals surface area contributed by atoms with Gasteiger partial charge in [0.15, 0.2) is 6.61 Å². The van der Waals surface area contributed by atoms with Crippen molar-refractivity contribution in [1.29, 1.82) is 0 Å². The van der Waals surface area contributed by atoms with Gasteiger partial charge in [0.1, 0.15) is 11.5 Å². The summed E-state index contributed by atoms with van der Waals surface area (Å²) in [4.78, 5) is 11.7. The molecule has 0 saturated heterocycles. The predicted molar refractivity (Wildman–Crippen MR) is 89.8 cm³/mol. The van der Waals surface area contributed by atoms with Crippen molar-refractivity contribution in [2.24, 2.45) is 0 Å². The standard InChI is InChI=1S/C18H16ClNO3/c1-22-16-8-3-9-17(12-16)23-13-18(21)20-10-4-6-14-5-2-7-15(19)11-14/h2-3,5,7-9,11-12H,10,13H2,1H3,(H,20,21). The van der Waals surface area contributed by atoms with Crippen molar-refractivity contribution >= 4 is 17.5 Å². The van der Waals surface area contributed by atoms with Crippen molar-refractivity contribution < 1.29 is 14.3 Å². The van der Waals surface area contributed by atoms with E-state index in [2.05, 4.69) is 17.2 Å². The van der Waals surface area contributed by atoms with Gasteiger partial charge in [-0.15, -0.1) is 0 Å². The van der Waals surface area contributed by atoms with E-state index in [9.17, 15) is 4.79 Å². The highest BCUT2D eigenvalue weighted by Crippen LogP contribution is 2.18. The van der Waals surface area contributed by atoms with E-state index in [4.69, 9.17) is 21.1 Å². The molecule has 0 heterocycles. The van der Waals surface area contributed by atoms with Gasteiger partial charge in [0.25, 0.3) is 5.91 Å². The Bertz CT molecular complexity index is 734. The van der Waals surface area contributed by atoms with Crippen LogP contribution in [0.1, 0.15) is 5.56 Å². The van der Waals surface area contributed by atoms with E-state index in [1.165, 1.54) is 0 Å². The second-order valence-corrected chi connectivity index (χ2v) is 4.99. The highest BCUT2D eigenvalue weighted by molar-refractivity contribution is 6.30. The SMILES string of the molecule is COc1cccc(OCC(=O)NCC#Cc2cccc(Cl)c2)c1. The van der Waals surface area contributed by atoms with Crippen molar-refractivity contribution in [1.82, 2.24) is 5.32 Å². The molecule has 0 aliphatic rings. The predicted octanol–water partition coefficient (Wildman–Crippen LogP) is 2.90. The van der Waals surface area contributed by atoms with Crippen LogP contribution in [-0.2, 0) is 4.79 Å². The Morgan fingerprint density at radius 3 is 2.74 bits per heavy atom. The molecule has 1 N–H and O–H groups in total. The van der Waals surface area contributed by atoms with E-state index in [1.807, 2.05) is 12.1 Å². The number of ether oxygens (including phenoxy) is 2. The van der Waals surface area contributed by atoms with Crippen molar-refractivity contribution in [2.75, 3.05) is 20.3 Å². The number of methoxy groups -OCH3 is 1. The van der Waals surface area contributed by atoms with Crippen LogP contribution in [0, 0.1) is 11.8 Å². The fourth-order valence-corrected chi connectivity index (χ4v) is 1.94. The molecule has 23 heavy (non-hydrogen) atoms. The molecule has 0 fully saturated rings. The third-order valence-corrected chi connectivity index (χ3v) is 3.08. The fraction of sp³-hybridized carbons (Fsp3) is 0.167. The summed E-state index contributed by atoms with van der Waals surface area (Å²) in [6.07, 6.45) is 0. The van der Waals surface area contributed by atoms with Crippen LogP contribution in [0.3, 0.4) is 0 Å². The first-order valence-electron chi connectivity index (χ1n) is 6.95. The van der Waals surface area contributed by atoms with E-state index >= 15 is 0 Å². The molecule has 0 unspecified atom stereocenters. The van der Waals surface area contributed by atoms with E-state index in [0.717, 1.165) is 5.56 Å². The number of hydrogen-bond donors (Lipinski definition) is 1. The molecule has 2 aromatic rings. The second kappa shape index (κ2) is 8.72. The molecule has 4 nitrogen and oxygen atoms in total. The molecule has 2 aromatic carbocycles. The molecule has 1 amide bonds. The Morgan fingerprint density at radius 1 is 1.17 bits per heavy atom. The zero-order valence-electron chi connectivity index (χ0n) is 12.6. The molecular weight excluding hydrogens is 314 g/mol. The van der Waals surface area contributed by atoms with Gasteiger partial charge in [-0.2, -0.15) is 0 Å². The maximum absolute atomic E-state index is 11.7. The molecule has 0 radical (unpaired) electrons. The molecule has 0 bridgehead atoms. The maximum atomic E-state index is 11.7. The minimum Gasteiger partial charge on any atom is -0.497 e. The Balaban J connectivity index is 1.75. The van der Waals surface area contributed by atoms with Crippen LogP contribution in [0.5, 0.6) is 11.5 Å². The summed E-state index contributed by atoms with van der Waals surface area (Å²) in [5.41, 5.74) is 0.805. The van der Waals surface area contributed by atoms with Gasteiger partial charge >= 0.3 is 0 Å². The summed E-state index contributed by atoms with van der Waals surface area (Å²) in [6, 6.07) is 14.3. The molecule has 0 saturated carbocycles. The topological polar surface area (TPSA) is 47.6 Å². The minimum absolute atomic E-state index is 0.0774. The molecule has 0 aromatic heterocycles. The molecular formula is C18H16ClNO3. The number of amides is 1. The summed E-state index contributed by atoms with van der Waals surface area (Å²) in [6.45, 7) is 0.166. The Labute approximate surface area is 140 Å². The van der Waals surface area contributed by atoms with Gasteiger partial charge in [0.2, 0.25) is 0 Å². The lowest BCUT2D eigenvalue weighted by Crippen LogP contribution is -2.29. The van der Waals surface area contributed by atoms with Gasteiger partial charge in [0.05, 0.1) is 13.7 Å². The van der Waals surface area contributed by atoms with Gasteiger partial charge in [-0.25, -0.2) is 0 Å². The lowest BCUT2D eigenvalue weighted by Gasteiger charge is -2.07. The first-order chi connectivity index (χ1) is 11.2. The van der Waals surface area contributed by atoms with Crippen LogP contribution in [0.4, 0.5) is 0 Å². The summed E-state index contributed by atoms with van der Waals surface area (Å²) in [5, 5.41) is 3.30. The fourth-order valence-electron chi connectivity index (χ4n) is 1.75. The van der Waals surface area contributed by atoms with E-state index in [0.29, 0.717) is 16.5 Å². The number of hydrogen-bond acceptors (Lipinski definition) is 3. The Hall–Kier alpha value is -2.64. The number of halogens is 1. The zero-order chi connectivity index (χ0) is 16.5. The number of rotatable bonds is 5. The summed E-state index contributed by atoms with van der Waals surface area (Å²) in [5.74, 6) is 6.79. The van der Waals surface area contributed by atoms with Crippen molar-refractivity contribution in [3.63, 3.8) is 0 Å². The number of nitrogens with one attached hydrogen (secondary N) is 1. The summed E-state index contributed by atoms with van der Waals surface area (Å²) in [7, 11) is 1.57. The van der Waals surface area contributed by atoms with E-state index < -0.39 is 0 Å². The summed E-state index contributed by atoms with van der Waals surface area (Å²) < 4.78 is 10.5. The van der Waals surface area contributed by atoms with Gasteiger partial charge in [-0.05, 0) is 30.3 Å². The van der Waals surface area contributed by atoms with Crippen LogP contribution in [0.15, 0.2) is 48.5 Å². The molecule has 0 aliphatic heterocycles. The van der Waals surface area contributed by atoms with Crippen LogP contribution in [0.25, 0.3) is 0 Å². The first-order valence-corrected chi connectivity index (χ1v) is 7.33. The highest BCUT2D eigenvalue weighted by Gasteiger charge is 2.02. The quantitative estimate of drug-likeness (QED) is 0.858. The van der Waals surface area contributed by atoms with Gasteiger partial charge in [0, 0.05) is 16.7 Å². The minimum atomic E-state index is -0.242. The average Bonchev–Trinajstić information content (AvgIpc) is 2.57. The number of benzene rings is 2. The Morgan fingerprint density at radius 2 is 1.96 bits per heavy atom. The highest BCUT2D eigenvalue weighted by atomic mass is 35.5. The van der Waals surface area contributed by atoms with Gasteiger partial charge in [-0.1, -0.05) is 35.6 Å². The van der Waals surface area contributed by atoms with Crippen LogP contribution in [0.2, 0.25) is 5.02 Å². The number of carbonyl (C=O) groups is 1. The maximum Gasteiger partial charge on any atom is 0.258 e. The van der Waals surface area contributed by atoms with Gasteiger partial charge in [-0.3, -0.25) is 4.79 Å². The zero-order valence-corrected chi connectivity index (χ0v) is 13.4. The van der Waals surface area contributed by atoms with Crippen molar-refractivity contribution in [3.05, 3.63) is 59.1 Å². The normalized spacial score (nSPS) is 9.48. The average molecular weight is 330 g/mol. The summed E-state index contributed by atoms with van der Waals surface area (Å²) >= 11 is 5.87. The third-order valence-electron chi connectivity index (χ3n) is 2.84. The molecule has 2 rings (SSSR count). The lowest BCUT2D eigenvalue weighted by molar-refractivity contribution is -0.122. The lowest BCUT2D eigenvalue weighted by atomic mass is 10.2. The largest absolute Gasteiger partial charge is 0.497 e. The smallest absolute Gasteiger partial charge is 0.258 e. The third kappa shape index (κ3) is 5.93.